The molecule has 10 aromatic carbocycles. The summed E-state index contributed by atoms with van der Waals surface area (Å²) in [6.07, 6.45) is -4.58. The van der Waals surface area contributed by atoms with Crippen molar-refractivity contribution in [2.75, 3.05) is 0 Å². The number of halogens is 3. The fourth-order valence-corrected chi connectivity index (χ4v) is 11.3. The van der Waals surface area contributed by atoms with Crippen LogP contribution >= 0.6 is 0 Å². The van der Waals surface area contributed by atoms with E-state index < -0.39 is 11.7 Å². The van der Waals surface area contributed by atoms with Gasteiger partial charge in [0.2, 0.25) is 0 Å². The zero-order valence-corrected chi connectivity index (χ0v) is 37.2. The van der Waals surface area contributed by atoms with Gasteiger partial charge in [-0.05, 0) is 83.9 Å². The Hall–Kier alpha value is -9.32. The van der Waals surface area contributed by atoms with Crippen LogP contribution in [0.4, 0.5) is 13.2 Å². The number of alkyl halides is 3. The smallest absolute Gasteiger partial charge is 0.307 e. The lowest BCUT2D eigenvalue weighted by Gasteiger charge is -2.20. The number of para-hydroxylation sites is 6. The molecule has 0 spiro atoms. The van der Waals surface area contributed by atoms with Gasteiger partial charge in [-0.2, -0.15) is 18.4 Å². The van der Waals surface area contributed by atoms with E-state index in [0.29, 0.717) is 28.1 Å². The molecule has 4 heterocycles. The summed E-state index contributed by atoms with van der Waals surface area (Å²) in [5.41, 5.74) is 10.9. The minimum Gasteiger partial charge on any atom is -0.307 e. The highest BCUT2D eigenvalue weighted by atomic mass is 19.4. The number of benzene rings is 10. The second-order valence-corrected chi connectivity index (χ2v) is 17.9. The number of aromatic nitrogens is 4. The molecule has 0 radical (unpaired) electrons. The zero-order valence-electron chi connectivity index (χ0n) is 37.2. The van der Waals surface area contributed by atoms with Crippen molar-refractivity contribution in [3.8, 4) is 39.9 Å². The topological polar surface area (TPSA) is 43.5 Å². The van der Waals surface area contributed by atoms with E-state index in [0.717, 1.165) is 105 Å². The van der Waals surface area contributed by atoms with Crippen molar-refractivity contribution in [2.24, 2.45) is 0 Å². The van der Waals surface area contributed by atoms with Crippen molar-refractivity contribution in [3.05, 3.63) is 230 Å². The second-order valence-electron chi connectivity index (χ2n) is 17.9. The van der Waals surface area contributed by atoms with Crippen LogP contribution < -0.4 is 0 Å². The van der Waals surface area contributed by atoms with Crippen LogP contribution in [0.15, 0.2) is 218 Å². The summed E-state index contributed by atoms with van der Waals surface area (Å²) in [6, 6.07) is 74.4. The zero-order chi connectivity index (χ0) is 46.8. The van der Waals surface area contributed by atoms with E-state index in [-0.39, 0.29) is 0 Å². The van der Waals surface area contributed by atoms with Crippen LogP contribution in [-0.2, 0) is 6.18 Å². The third kappa shape index (κ3) is 5.60. The number of hydrogen-bond acceptors (Lipinski definition) is 1. The van der Waals surface area contributed by atoms with Crippen molar-refractivity contribution >= 4 is 87.2 Å². The summed E-state index contributed by atoms with van der Waals surface area (Å²) in [6.45, 7) is 0. The normalized spacial score (nSPS) is 12.2. The Kier molecular flexibility index (Phi) is 8.44. The van der Waals surface area contributed by atoms with Crippen molar-refractivity contribution in [2.45, 2.75) is 6.18 Å². The molecule has 0 saturated heterocycles. The molecule has 330 valence electrons. The van der Waals surface area contributed by atoms with Gasteiger partial charge in [-0.1, -0.05) is 146 Å². The minimum absolute atomic E-state index is 0.361. The van der Waals surface area contributed by atoms with Gasteiger partial charge in [0.15, 0.2) is 0 Å². The first-order valence-electron chi connectivity index (χ1n) is 23.2. The maximum absolute atomic E-state index is 14.7. The Morgan fingerprint density at radius 3 is 1.07 bits per heavy atom. The molecule has 0 atom stereocenters. The summed E-state index contributed by atoms with van der Waals surface area (Å²) in [4.78, 5) is 0. The quantitative estimate of drug-likeness (QED) is 0.170. The molecule has 14 rings (SSSR count). The molecule has 8 heteroatoms. The average Bonchev–Trinajstić information content (AvgIpc) is 4.14. The van der Waals surface area contributed by atoms with Crippen LogP contribution in [0.1, 0.15) is 11.1 Å². The van der Waals surface area contributed by atoms with Gasteiger partial charge in [-0.25, -0.2) is 0 Å². The molecule has 0 aliphatic heterocycles. The molecular formula is C62H36F3N5. The molecular weight excluding hydrogens is 872 g/mol. The van der Waals surface area contributed by atoms with E-state index in [9.17, 15) is 18.4 Å². The fraction of sp³-hybridized carbons (Fsp3) is 0.0161. The van der Waals surface area contributed by atoms with E-state index >= 15 is 0 Å². The fourth-order valence-electron chi connectivity index (χ4n) is 11.3. The highest BCUT2D eigenvalue weighted by Crippen LogP contribution is 2.47. The second kappa shape index (κ2) is 14.8. The molecule has 4 aromatic heterocycles. The number of nitriles is 1. The van der Waals surface area contributed by atoms with Crippen molar-refractivity contribution in [3.63, 3.8) is 0 Å². The van der Waals surface area contributed by atoms with Crippen molar-refractivity contribution < 1.29 is 13.2 Å². The third-order valence-electron chi connectivity index (χ3n) is 14.2. The highest BCUT2D eigenvalue weighted by molar-refractivity contribution is 6.25. The first-order valence-corrected chi connectivity index (χ1v) is 23.2. The molecule has 14 aromatic rings. The monoisotopic (exact) mass is 907 g/mol. The Bertz CT molecular complexity index is 4270. The Balaban J connectivity index is 1.21. The standard InChI is InChI=1S/C62H36F3N5/c63-62(64,65)40-17-15-16-38(34-40)39-35-56(69-54-28-13-9-24-45(54)49-32-30-47-43-22-7-11-26-52(43)67(58(47)60(49)69)41-18-3-1-4-19-41)51(37-66)57(36-39)70-55-29-14-10-25-46(55)50-33-31-48-44-23-8-12-27-53(44)68(59(48)61(50)70)42-20-5-2-6-21-42/h1-36H. The maximum atomic E-state index is 14.7. The van der Waals surface area contributed by atoms with Gasteiger partial charge in [0.25, 0.3) is 0 Å². The molecule has 0 unspecified atom stereocenters. The summed E-state index contributed by atoms with van der Waals surface area (Å²) in [5, 5.41) is 20.1. The van der Waals surface area contributed by atoms with E-state index in [4.69, 9.17) is 0 Å². The van der Waals surface area contributed by atoms with Crippen LogP contribution in [0.3, 0.4) is 0 Å². The number of fused-ring (bicyclic) bond motifs is 14. The average molecular weight is 908 g/mol. The summed E-state index contributed by atoms with van der Waals surface area (Å²) in [5.74, 6) is 0. The lowest BCUT2D eigenvalue weighted by atomic mass is 9.98. The first kappa shape index (κ1) is 39.8. The van der Waals surface area contributed by atoms with E-state index in [1.165, 1.54) is 12.1 Å². The number of hydrogen-bond donors (Lipinski definition) is 0. The van der Waals surface area contributed by atoms with Gasteiger partial charge >= 0.3 is 6.18 Å². The van der Waals surface area contributed by atoms with Crippen LogP contribution in [0, 0.1) is 11.3 Å². The van der Waals surface area contributed by atoms with Crippen LogP contribution in [0.2, 0.25) is 0 Å². The lowest BCUT2D eigenvalue weighted by Crippen LogP contribution is -2.07. The van der Waals surface area contributed by atoms with Gasteiger partial charge in [-0.15, -0.1) is 0 Å². The van der Waals surface area contributed by atoms with E-state index in [1.54, 1.807) is 6.07 Å². The van der Waals surface area contributed by atoms with Gasteiger partial charge in [0.05, 0.1) is 61.1 Å². The predicted molar refractivity (Wildman–Crippen MR) is 279 cm³/mol. The Labute approximate surface area is 397 Å². The molecule has 0 aliphatic rings. The lowest BCUT2D eigenvalue weighted by molar-refractivity contribution is -0.137. The molecule has 0 saturated carbocycles. The highest BCUT2D eigenvalue weighted by Gasteiger charge is 2.32. The molecule has 70 heavy (non-hydrogen) atoms. The summed E-state index contributed by atoms with van der Waals surface area (Å²) < 4.78 is 53.0. The largest absolute Gasteiger partial charge is 0.416 e. The predicted octanol–water partition coefficient (Wildman–Crippen LogP) is 16.6. The van der Waals surface area contributed by atoms with Crippen LogP contribution in [-0.4, -0.2) is 18.3 Å². The molecule has 0 amide bonds. The van der Waals surface area contributed by atoms with Gasteiger partial charge in [0.1, 0.15) is 11.6 Å². The SMILES string of the molecule is N#Cc1c(-n2c3ccccc3c3ccc4c5ccccc5n(-c5ccccc5)c4c32)cc(-c2cccc(C(F)(F)F)c2)cc1-n1c2ccccc2c2ccc3c4ccccc4n(-c4ccccc4)c3c21. The van der Waals surface area contributed by atoms with Crippen molar-refractivity contribution in [1.82, 2.24) is 18.3 Å². The minimum atomic E-state index is -4.58. The number of rotatable bonds is 5. The summed E-state index contributed by atoms with van der Waals surface area (Å²) >= 11 is 0. The van der Waals surface area contributed by atoms with Gasteiger partial charge in [-0.3, -0.25) is 0 Å². The van der Waals surface area contributed by atoms with Gasteiger partial charge < -0.3 is 18.3 Å². The first-order chi connectivity index (χ1) is 34.4. The third-order valence-corrected chi connectivity index (χ3v) is 14.2. The maximum Gasteiger partial charge on any atom is 0.416 e. The molecule has 5 nitrogen and oxygen atoms in total. The van der Waals surface area contributed by atoms with Crippen LogP contribution in [0.25, 0.3) is 121 Å². The van der Waals surface area contributed by atoms with E-state index in [2.05, 4.69) is 134 Å². The molecule has 0 aliphatic carbocycles. The molecule has 0 bridgehead atoms. The van der Waals surface area contributed by atoms with Crippen molar-refractivity contribution in [1.29, 1.82) is 5.26 Å². The summed E-state index contributed by atoms with van der Waals surface area (Å²) in [7, 11) is 0. The van der Waals surface area contributed by atoms with Crippen LogP contribution in [0.5, 0.6) is 0 Å². The Morgan fingerprint density at radius 1 is 0.329 bits per heavy atom. The van der Waals surface area contributed by atoms with Gasteiger partial charge in [0, 0.05) is 54.5 Å². The Morgan fingerprint density at radius 2 is 0.686 bits per heavy atom. The van der Waals surface area contributed by atoms with E-state index in [1.807, 2.05) is 84.9 Å². The molecule has 0 fully saturated rings. The number of nitrogens with zero attached hydrogens (tertiary/aromatic N) is 5. The molecule has 0 N–H and O–H groups in total.